The summed E-state index contributed by atoms with van der Waals surface area (Å²) in [4.78, 5) is 7.98. The normalized spacial score (nSPS) is 21.4. The van der Waals surface area contributed by atoms with Crippen LogP contribution in [0.4, 0.5) is 0 Å². The fourth-order valence-electron chi connectivity index (χ4n) is 14.5. The van der Waals surface area contributed by atoms with Crippen LogP contribution in [0.15, 0.2) is 263 Å². The van der Waals surface area contributed by atoms with E-state index in [0.717, 1.165) is 68.2 Å². The van der Waals surface area contributed by atoms with E-state index in [1.165, 1.54) is 116 Å². The summed E-state index contributed by atoms with van der Waals surface area (Å²) in [5.74, 6) is 0.316. The number of para-hydroxylation sites is 2. The number of benzene rings is 6. The van der Waals surface area contributed by atoms with Crippen molar-refractivity contribution in [3.8, 4) is 11.1 Å². The maximum Gasteiger partial charge on any atom is 0.137 e. The Balaban J connectivity index is 0.812. The van der Waals surface area contributed by atoms with Crippen molar-refractivity contribution in [3.05, 3.63) is 286 Å². The van der Waals surface area contributed by atoms with Crippen LogP contribution >= 0.6 is 0 Å². The molecule has 76 heavy (non-hydrogen) atoms. The van der Waals surface area contributed by atoms with Crippen molar-refractivity contribution in [3.63, 3.8) is 0 Å². The van der Waals surface area contributed by atoms with Gasteiger partial charge in [-0.15, -0.1) is 0 Å². The number of hydrogen-bond donors (Lipinski definition) is 0. The molecule has 0 amide bonds. The molecule has 4 heteroatoms. The summed E-state index contributed by atoms with van der Waals surface area (Å²) >= 11 is 0. The second-order valence-corrected chi connectivity index (χ2v) is 21.7. The van der Waals surface area contributed by atoms with Crippen LogP contribution < -0.4 is 0 Å². The van der Waals surface area contributed by atoms with Gasteiger partial charge in [0.1, 0.15) is 11.2 Å². The van der Waals surface area contributed by atoms with Crippen LogP contribution in [0.1, 0.15) is 85.2 Å². The fourth-order valence-corrected chi connectivity index (χ4v) is 14.5. The molecule has 0 spiro atoms. The Bertz CT molecular complexity index is 4300. The van der Waals surface area contributed by atoms with E-state index < -0.39 is 5.41 Å². The molecular weight excluding hydrogens is 923 g/mol. The topological polar surface area (TPSA) is 34.2 Å². The van der Waals surface area contributed by atoms with Crippen molar-refractivity contribution in [2.45, 2.75) is 68.7 Å². The second kappa shape index (κ2) is 17.2. The maximum absolute atomic E-state index is 6.45. The van der Waals surface area contributed by atoms with E-state index in [2.05, 4.69) is 228 Å². The summed E-state index contributed by atoms with van der Waals surface area (Å²) in [6.07, 6.45) is 37.1. The van der Waals surface area contributed by atoms with Gasteiger partial charge >= 0.3 is 0 Å². The highest BCUT2D eigenvalue weighted by atomic mass is 16.3. The molecule has 16 rings (SSSR count). The van der Waals surface area contributed by atoms with Gasteiger partial charge in [0.15, 0.2) is 0 Å². The lowest BCUT2D eigenvalue weighted by Gasteiger charge is -2.42. The largest absolute Gasteiger partial charge is 0.456 e. The number of fused-ring (bicyclic) bond motifs is 15. The molecule has 0 fully saturated rings. The quantitative estimate of drug-likeness (QED) is 0.160. The zero-order valence-electron chi connectivity index (χ0n) is 42.4. The highest BCUT2D eigenvalue weighted by Gasteiger charge is 2.51. The molecule has 0 radical (unpaired) electrons. The maximum atomic E-state index is 6.45. The Morgan fingerprint density at radius 3 is 2.18 bits per heavy atom. The van der Waals surface area contributed by atoms with Gasteiger partial charge in [0, 0.05) is 56.8 Å². The number of hydrogen-bond acceptors (Lipinski definition) is 3. The third-order valence-corrected chi connectivity index (χ3v) is 17.9. The molecule has 0 saturated heterocycles. The van der Waals surface area contributed by atoms with Gasteiger partial charge < -0.3 is 13.9 Å². The number of furan rings is 1. The third kappa shape index (κ3) is 6.46. The van der Waals surface area contributed by atoms with Crippen molar-refractivity contribution >= 4 is 60.6 Å². The molecule has 364 valence electrons. The molecule has 0 saturated carbocycles. The minimum Gasteiger partial charge on any atom is -0.456 e. The van der Waals surface area contributed by atoms with Gasteiger partial charge in [-0.1, -0.05) is 164 Å². The molecule has 7 aliphatic carbocycles. The van der Waals surface area contributed by atoms with E-state index in [1.54, 1.807) is 0 Å². The lowest BCUT2D eigenvalue weighted by Crippen LogP contribution is -2.37. The van der Waals surface area contributed by atoms with E-state index in [1.807, 2.05) is 6.20 Å². The summed E-state index contributed by atoms with van der Waals surface area (Å²) in [7, 11) is 0. The van der Waals surface area contributed by atoms with E-state index in [0.29, 0.717) is 5.92 Å². The molecule has 3 atom stereocenters. The van der Waals surface area contributed by atoms with Crippen LogP contribution in [0.2, 0.25) is 0 Å². The van der Waals surface area contributed by atoms with Gasteiger partial charge in [-0.05, 0) is 167 Å². The fraction of sp³-hybridized carbons (Fsp3) is 0.153. The average Bonchev–Trinajstić information content (AvgIpc) is 4.21. The minimum atomic E-state index is -0.520. The van der Waals surface area contributed by atoms with Crippen LogP contribution in [0.25, 0.3) is 71.7 Å². The molecule has 3 heterocycles. The zero-order valence-corrected chi connectivity index (χ0v) is 42.4. The van der Waals surface area contributed by atoms with Crippen LogP contribution in [0.3, 0.4) is 0 Å². The van der Waals surface area contributed by atoms with Gasteiger partial charge in [0.25, 0.3) is 0 Å². The Morgan fingerprint density at radius 1 is 0.579 bits per heavy atom. The number of allylic oxidation sites excluding steroid dienone is 17. The minimum absolute atomic E-state index is 0.0858. The monoisotopic (exact) mass is 977 g/mol. The van der Waals surface area contributed by atoms with Crippen molar-refractivity contribution in [1.82, 2.24) is 14.5 Å². The molecule has 0 N–H and O–H groups in total. The highest BCUT2D eigenvalue weighted by molar-refractivity contribution is 6.17. The molecule has 0 aliphatic heterocycles. The predicted octanol–water partition coefficient (Wildman–Crippen LogP) is 18.0. The average molecular weight is 978 g/mol. The molecule has 4 nitrogen and oxygen atoms in total. The second-order valence-electron chi connectivity index (χ2n) is 21.7. The highest BCUT2D eigenvalue weighted by Crippen LogP contribution is 2.60. The van der Waals surface area contributed by atoms with E-state index in [-0.39, 0.29) is 6.04 Å². The molecule has 6 aromatic carbocycles. The number of aromatic nitrogens is 2. The van der Waals surface area contributed by atoms with E-state index in [9.17, 15) is 0 Å². The van der Waals surface area contributed by atoms with Crippen LogP contribution in [0, 0.1) is 0 Å². The van der Waals surface area contributed by atoms with E-state index in [4.69, 9.17) is 9.40 Å². The van der Waals surface area contributed by atoms with Crippen molar-refractivity contribution in [2.75, 3.05) is 0 Å². The van der Waals surface area contributed by atoms with Gasteiger partial charge in [0.2, 0.25) is 0 Å². The predicted molar refractivity (Wildman–Crippen MR) is 313 cm³/mol. The first-order chi connectivity index (χ1) is 37.7. The lowest BCUT2D eigenvalue weighted by molar-refractivity contribution is 0.353. The summed E-state index contributed by atoms with van der Waals surface area (Å²) in [6, 6.07) is 55.8. The standard InChI is InChI=1S/C72H55N3O/c1-2-16-48(17-3-1)72(71-28-14-15-41-73-71)65-25-11-8-22-58(65)59-40-38-52(43-66(59)72)74(51-37-39-57-55-20-5-4-18-53(55)54-19-6-7-21-56(54)62(57)42-51)49-33-29-46(30-34-49)47-31-35-50(36-32-47)75-67-26-12-9-23-60(67)63-44-64-61-24-10-13-27-69(61)76-70(64)45-68(63)75/h2,4-29,31,33,35,37,40-45,52,57H,1,3,30,32,34,36,38-39H2. The van der Waals surface area contributed by atoms with Crippen molar-refractivity contribution in [2.24, 2.45) is 0 Å². The Labute approximate surface area is 443 Å². The van der Waals surface area contributed by atoms with Crippen LogP contribution in [0.5, 0.6) is 0 Å². The summed E-state index contributed by atoms with van der Waals surface area (Å²) in [6.45, 7) is 0. The first kappa shape index (κ1) is 43.6. The van der Waals surface area contributed by atoms with Crippen LogP contribution in [-0.4, -0.2) is 20.5 Å². The van der Waals surface area contributed by atoms with Gasteiger partial charge in [-0.25, -0.2) is 0 Å². The third-order valence-electron chi connectivity index (χ3n) is 17.9. The summed E-state index contributed by atoms with van der Waals surface area (Å²) < 4.78 is 8.94. The van der Waals surface area contributed by atoms with Crippen molar-refractivity contribution in [1.29, 1.82) is 0 Å². The molecule has 7 aliphatic rings. The van der Waals surface area contributed by atoms with Gasteiger partial charge in [0.05, 0.1) is 28.2 Å². The molecule has 0 bridgehead atoms. The zero-order chi connectivity index (χ0) is 49.9. The lowest BCUT2D eigenvalue weighted by atomic mass is 9.67. The van der Waals surface area contributed by atoms with E-state index >= 15 is 0 Å². The molecular formula is C72H55N3O. The first-order valence-corrected chi connectivity index (χ1v) is 27.5. The van der Waals surface area contributed by atoms with Crippen molar-refractivity contribution < 1.29 is 4.42 Å². The number of pyridine rings is 1. The summed E-state index contributed by atoms with van der Waals surface area (Å²) in [5, 5.41) is 4.88. The smallest absolute Gasteiger partial charge is 0.137 e. The molecule has 9 aromatic rings. The summed E-state index contributed by atoms with van der Waals surface area (Å²) in [5.41, 5.74) is 25.4. The number of nitrogens with zero attached hydrogens (tertiary/aromatic N) is 3. The van der Waals surface area contributed by atoms with Gasteiger partial charge in [-0.3, -0.25) is 4.98 Å². The molecule has 3 aromatic heterocycles. The Morgan fingerprint density at radius 2 is 1.36 bits per heavy atom. The number of rotatable bonds is 7. The Kier molecular flexibility index (Phi) is 9.85. The molecule has 3 unspecified atom stereocenters. The van der Waals surface area contributed by atoms with Crippen LogP contribution in [-0.2, 0) is 5.41 Å². The van der Waals surface area contributed by atoms with Gasteiger partial charge in [-0.2, -0.15) is 0 Å². The SMILES string of the molecule is C1=CC(C2(c3ccccn3)C3=CC(N(C4=CCC5C(=C4)c4ccccc4-c4ccccc45)C4=CC=C(C5=CC=C(n6c7ccccc7c7cc8c(cc76)oc6ccccc68)CC5)CC4)CC=C3c3ccccc32)=CCC1. The first-order valence-electron chi connectivity index (χ1n) is 27.5. The Hall–Kier alpha value is -8.73.